The standard InChI is InChI=1S/C21H20N2OS/c1-17-22-20(16-25-17)12-13-21(24)23(14-18-8-4-2-5-9-18)15-19-10-6-3-7-11-19/h2-13,16H,14-15H2,1H3/b13-12+. The van der Waals surface area contributed by atoms with Gasteiger partial charge in [-0.3, -0.25) is 4.79 Å². The van der Waals surface area contributed by atoms with E-state index in [1.54, 1.807) is 23.5 Å². The molecule has 0 bridgehead atoms. The molecule has 0 unspecified atom stereocenters. The number of carbonyl (C=O) groups is 1. The molecular formula is C21H20N2OS. The Bertz CT molecular complexity index is 799. The fourth-order valence-electron chi connectivity index (χ4n) is 2.54. The van der Waals surface area contributed by atoms with Crippen LogP contribution >= 0.6 is 11.3 Å². The van der Waals surface area contributed by atoms with E-state index in [4.69, 9.17) is 0 Å². The number of thiazole rings is 1. The second-order valence-corrected chi connectivity index (χ2v) is 6.85. The van der Waals surface area contributed by atoms with Crippen LogP contribution in [0, 0.1) is 6.92 Å². The van der Waals surface area contributed by atoms with Crippen molar-refractivity contribution in [3.05, 3.63) is 93.9 Å². The zero-order valence-electron chi connectivity index (χ0n) is 14.1. The lowest BCUT2D eigenvalue weighted by Gasteiger charge is -2.21. The van der Waals surface area contributed by atoms with Crippen LogP contribution in [-0.2, 0) is 17.9 Å². The molecule has 1 amide bonds. The van der Waals surface area contributed by atoms with Crippen molar-refractivity contribution >= 4 is 23.3 Å². The van der Waals surface area contributed by atoms with Crippen molar-refractivity contribution in [2.45, 2.75) is 20.0 Å². The summed E-state index contributed by atoms with van der Waals surface area (Å²) >= 11 is 1.58. The predicted octanol–water partition coefficient (Wildman–Crippen LogP) is 4.69. The van der Waals surface area contributed by atoms with E-state index in [1.807, 2.05) is 77.9 Å². The first-order valence-corrected chi connectivity index (χ1v) is 9.05. The molecule has 0 fully saturated rings. The van der Waals surface area contributed by atoms with E-state index in [-0.39, 0.29) is 5.91 Å². The highest BCUT2D eigenvalue weighted by molar-refractivity contribution is 7.09. The number of rotatable bonds is 6. The molecule has 3 nitrogen and oxygen atoms in total. The fraction of sp³-hybridized carbons (Fsp3) is 0.143. The largest absolute Gasteiger partial charge is 0.331 e. The number of nitrogens with zero attached hydrogens (tertiary/aromatic N) is 2. The van der Waals surface area contributed by atoms with E-state index < -0.39 is 0 Å². The summed E-state index contributed by atoms with van der Waals surface area (Å²) in [6, 6.07) is 20.1. The zero-order valence-corrected chi connectivity index (χ0v) is 14.9. The predicted molar refractivity (Wildman–Crippen MR) is 103 cm³/mol. The van der Waals surface area contributed by atoms with Gasteiger partial charge in [0.05, 0.1) is 10.7 Å². The van der Waals surface area contributed by atoms with Crippen LogP contribution in [0.2, 0.25) is 0 Å². The van der Waals surface area contributed by atoms with Gasteiger partial charge in [-0.25, -0.2) is 4.98 Å². The lowest BCUT2D eigenvalue weighted by molar-refractivity contribution is -0.127. The summed E-state index contributed by atoms with van der Waals surface area (Å²) in [6.45, 7) is 3.12. The van der Waals surface area contributed by atoms with Gasteiger partial charge in [0, 0.05) is 24.5 Å². The van der Waals surface area contributed by atoms with Gasteiger partial charge >= 0.3 is 0 Å². The molecular weight excluding hydrogens is 328 g/mol. The van der Waals surface area contributed by atoms with Crippen LogP contribution < -0.4 is 0 Å². The third-order valence-electron chi connectivity index (χ3n) is 3.78. The van der Waals surface area contributed by atoms with Crippen LogP contribution in [0.4, 0.5) is 0 Å². The topological polar surface area (TPSA) is 33.2 Å². The van der Waals surface area contributed by atoms with Crippen molar-refractivity contribution < 1.29 is 4.79 Å². The Balaban J connectivity index is 1.76. The number of aromatic nitrogens is 1. The molecule has 3 rings (SSSR count). The molecule has 1 heterocycles. The molecule has 0 saturated heterocycles. The second kappa shape index (κ2) is 8.40. The van der Waals surface area contributed by atoms with E-state index in [0.29, 0.717) is 13.1 Å². The molecule has 4 heteroatoms. The Kier molecular flexibility index (Phi) is 5.75. The molecule has 25 heavy (non-hydrogen) atoms. The van der Waals surface area contributed by atoms with E-state index in [2.05, 4.69) is 4.98 Å². The lowest BCUT2D eigenvalue weighted by Crippen LogP contribution is -2.28. The van der Waals surface area contributed by atoms with Crippen LogP contribution in [0.5, 0.6) is 0 Å². The molecule has 126 valence electrons. The van der Waals surface area contributed by atoms with Crippen LogP contribution in [-0.4, -0.2) is 15.8 Å². The first-order valence-electron chi connectivity index (χ1n) is 8.18. The minimum atomic E-state index is -0.0154. The molecule has 2 aromatic carbocycles. The van der Waals surface area contributed by atoms with Crippen molar-refractivity contribution in [2.24, 2.45) is 0 Å². The number of benzene rings is 2. The van der Waals surface area contributed by atoms with Gasteiger partial charge in [0.25, 0.3) is 0 Å². The number of hydrogen-bond donors (Lipinski definition) is 0. The molecule has 0 aliphatic carbocycles. The molecule has 0 spiro atoms. The van der Waals surface area contributed by atoms with Gasteiger partial charge < -0.3 is 4.90 Å². The van der Waals surface area contributed by atoms with Gasteiger partial charge in [0.2, 0.25) is 5.91 Å². The minimum absolute atomic E-state index is 0.0154. The van der Waals surface area contributed by atoms with Gasteiger partial charge in [0.15, 0.2) is 0 Å². The summed E-state index contributed by atoms with van der Waals surface area (Å²) in [5.41, 5.74) is 3.06. The summed E-state index contributed by atoms with van der Waals surface area (Å²) in [6.07, 6.45) is 3.40. The average molecular weight is 348 g/mol. The Morgan fingerprint density at radius 1 is 1.00 bits per heavy atom. The number of carbonyl (C=O) groups excluding carboxylic acids is 1. The quantitative estimate of drug-likeness (QED) is 0.605. The molecule has 1 aromatic heterocycles. The van der Waals surface area contributed by atoms with Crippen molar-refractivity contribution in [3.63, 3.8) is 0 Å². The fourth-order valence-corrected chi connectivity index (χ4v) is 3.12. The average Bonchev–Trinajstić information content (AvgIpc) is 3.06. The molecule has 0 aliphatic rings. The van der Waals surface area contributed by atoms with Crippen molar-refractivity contribution in [3.8, 4) is 0 Å². The van der Waals surface area contributed by atoms with Crippen molar-refractivity contribution in [1.29, 1.82) is 0 Å². The maximum atomic E-state index is 12.7. The first kappa shape index (κ1) is 17.1. The molecule has 0 saturated carbocycles. The van der Waals surface area contributed by atoms with Crippen molar-refractivity contribution in [1.82, 2.24) is 9.88 Å². The lowest BCUT2D eigenvalue weighted by atomic mass is 10.1. The normalized spacial score (nSPS) is 10.9. The molecule has 0 atom stereocenters. The van der Waals surface area contributed by atoms with Gasteiger partial charge in [-0.1, -0.05) is 60.7 Å². The summed E-state index contributed by atoms with van der Waals surface area (Å²) in [5.74, 6) is -0.0154. The highest BCUT2D eigenvalue weighted by atomic mass is 32.1. The Hall–Kier alpha value is -2.72. The minimum Gasteiger partial charge on any atom is -0.331 e. The van der Waals surface area contributed by atoms with Crippen LogP contribution in [0.1, 0.15) is 21.8 Å². The Labute approximate surface area is 152 Å². The third-order valence-corrected chi connectivity index (χ3v) is 4.57. The molecule has 0 N–H and O–H groups in total. The second-order valence-electron chi connectivity index (χ2n) is 5.79. The van der Waals surface area contributed by atoms with Gasteiger partial charge in [-0.2, -0.15) is 0 Å². The monoisotopic (exact) mass is 348 g/mol. The van der Waals surface area contributed by atoms with Gasteiger partial charge in [-0.05, 0) is 24.1 Å². The van der Waals surface area contributed by atoms with E-state index in [0.717, 1.165) is 21.8 Å². The number of aryl methyl sites for hydroxylation is 1. The number of amides is 1. The third kappa shape index (κ3) is 5.13. The summed E-state index contributed by atoms with van der Waals surface area (Å²) in [7, 11) is 0. The number of hydrogen-bond acceptors (Lipinski definition) is 3. The smallest absolute Gasteiger partial charge is 0.247 e. The molecule has 0 radical (unpaired) electrons. The summed E-state index contributed by atoms with van der Waals surface area (Å²) in [4.78, 5) is 19.0. The maximum absolute atomic E-state index is 12.7. The van der Waals surface area contributed by atoms with Gasteiger partial charge in [-0.15, -0.1) is 11.3 Å². The van der Waals surface area contributed by atoms with Gasteiger partial charge in [0.1, 0.15) is 0 Å². The molecule has 3 aromatic rings. The summed E-state index contributed by atoms with van der Waals surface area (Å²) < 4.78 is 0. The summed E-state index contributed by atoms with van der Waals surface area (Å²) in [5, 5.41) is 2.95. The van der Waals surface area contributed by atoms with Crippen LogP contribution in [0.15, 0.2) is 72.1 Å². The van der Waals surface area contributed by atoms with E-state index >= 15 is 0 Å². The Morgan fingerprint density at radius 3 is 2.04 bits per heavy atom. The SMILES string of the molecule is Cc1nc(/C=C/C(=O)N(Cc2ccccc2)Cc2ccccc2)cs1. The maximum Gasteiger partial charge on any atom is 0.247 e. The molecule has 0 aliphatic heterocycles. The van der Waals surface area contributed by atoms with E-state index in [9.17, 15) is 4.79 Å². The van der Waals surface area contributed by atoms with Crippen LogP contribution in [0.25, 0.3) is 6.08 Å². The Morgan fingerprint density at radius 2 is 1.56 bits per heavy atom. The zero-order chi connectivity index (χ0) is 17.5. The van der Waals surface area contributed by atoms with Crippen LogP contribution in [0.3, 0.4) is 0 Å². The van der Waals surface area contributed by atoms with Crippen molar-refractivity contribution in [2.75, 3.05) is 0 Å². The highest BCUT2D eigenvalue weighted by Gasteiger charge is 2.12. The first-order chi connectivity index (χ1) is 12.2. The highest BCUT2D eigenvalue weighted by Crippen LogP contribution is 2.13. The van der Waals surface area contributed by atoms with E-state index in [1.165, 1.54) is 0 Å².